The maximum atomic E-state index is 12.3. The van der Waals surface area contributed by atoms with E-state index < -0.39 is 5.41 Å². The van der Waals surface area contributed by atoms with Crippen molar-refractivity contribution < 1.29 is 14.3 Å². The molecule has 0 heterocycles. The van der Waals surface area contributed by atoms with E-state index in [-0.39, 0.29) is 11.8 Å². The van der Waals surface area contributed by atoms with Crippen LogP contribution in [-0.4, -0.2) is 25.5 Å². The van der Waals surface area contributed by atoms with Crippen molar-refractivity contribution in [1.29, 1.82) is 0 Å². The number of amides is 2. The van der Waals surface area contributed by atoms with Crippen LogP contribution in [0.1, 0.15) is 34.1 Å². The van der Waals surface area contributed by atoms with Gasteiger partial charge < -0.3 is 15.4 Å². The highest BCUT2D eigenvalue weighted by Crippen LogP contribution is 2.21. The second kappa shape index (κ2) is 7.82. The van der Waals surface area contributed by atoms with Gasteiger partial charge in [0.25, 0.3) is 0 Å². The van der Waals surface area contributed by atoms with Gasteiger partial charge in [0, 0.05) is 12.2 Å². The molecule has 0 unspecified atom stereocenters. The standard InChI is InChI=1S/C17H26N2O3/c1-12(2)10-11-18-15(20)17(3,4)16(21)19-13-6-8-14(22-5)9-7-13/h6-9,12H,10-11H2,1-5H3,(H,18,20)(H,19,21). The summed E-state index contributed by atoms with van der Waals surface area (Å²) in [6, 6.07) is 6.99. The summed E-state index contributed by atoms with van der Waals surface area (Å²) in [4.78, 5) is 24.5. The minimum Gasteiger partial charge on any atom is -0.497 e. The lowest BCUT2D eigenvalue weighted by Crippen LogP contribution is -2.45. The van der Waals surface area contributed by atoms with Crippen molar-refractivity contribution in [2.45, 2.75) is 34.1 Å². The highest BCUT2D eigenvalue weighted by molar-refractivity contribution is 6.09. The molecule has 5 nitrogen and oxygen atoms in total. The molecule has 0 atom stereocenters. The average Bonchev–Trinajstić information content (AvgIpc) is 2.47. The van der Waals surface area contributed by atoms with Crippen molar-refractivity contribution in [1.82, 2.24) is 5.32 Å². The van der Waals surface area contributed by atoms with Crippen LogP contribution in [0.3, 0.4) is 0 Å². The molecule has 1 aromatic carbocycles. The van der Waals surface area contributed by atoms with Gasteiger partial charge in [-0.1, -0.05) is 13.8 Å². The molecule has 0 saturated carbocycles. The highest BCUT2D eigenvalue weighted by Gasteiger charge is 2.35. The number of hydrogen-bond donors (Lipinski definition) is 2. The Hall–Kier alpha value is -2.04. The first kappa shape index (κ1) is 18.0. The van der Waals surface area contributed by atoms with Crippen LogP contribution in [0.4, 0.5) is 5.69 Å². The minimum absolute atomic E-state index is 0.265. The van der Waals surface area contributed by atoms with E-state index in [2.05, 4.69) is 24.5 Å². The molecule has 1 aromatic rings. The van der Waals surface area contributed by atoms with Crippen molar-refractivity contribution in [2.24, 2.45) is 11.3 Å². The summed E-state index contributed by atoms with van der Waals surface area (Å²) >= 11 is 0. The first-order chi connectivity index (χ1) is 10.3. The Morgan fingerprint density at radius 3 is 2.23 bits per heavy atom. The zero-order chi connectivity index (χ0) is 16.8. The third-order valence-corrected chi connectivity index (χ3v) is 3.49. The monoisotopic (exact) mass is 306 g/mol. The molecule has 0 aliphatic carbocycles. The molecular formula is C17H26N2O3. The van der Waals surface area contributed by atoms with E-state index in [0.717, 1.165) is 6.42 Å². The fraction of sp³-hybridized carbons (Fsp3) is 0.529. The van der Waals surface area contributed by atoms with Gasteiger partial charge in [-0.15, -0.1) is 0 Å². The van der Waals surface area contributed by atoms with E-state index in [1.54, 1.807) is 45.2 Å². The Balaban J connectivity index is 2.62. The Morgan fingerprint density at radius 1 is 1.14 bits per heavy atom. The first-order valence-electron chi connectivity index (χ1n) is 7.51. The number of carbonyl (C=O) groups is 2. The maximum Gasteiger partial charge on any atom is 0.239 e. The van der Waals surface area contributed by atoms with Gasteiger partial charge in [0.1, 0.15) is 11.2 Å². The third kappa shape index (κ3) is 5.06. The number of methoxy groups -OCH3 is 1. The van der Waals surface area contributed by atoms with Gasteiger partial charge in [-0.05, 0) is 50.5 Å². The van der Waals surface area contributed by atoms with Crippen LogP contribution < -0.4 is 15.4 Å². The summed E-state index contributed by atoms with van der Waals surface area (Å²) in [6.45, 7) is 8.00. The number of benzene rings is 1. The van der Waals surface area contributed by atoms with Crippen LogP contribution in [0.2, 0.25) is 0 Å². The predicted molar refractivity (Wildman–Crippen MR) is 87.9 cm³/mol. The lowest BCUT2D eigenvalue weighted by atomic mass is 9.90. The van der Waals surface area contributed by atoms with Crippen molar-refractivity contribution in [2.75, 3.05) is 19.0 Å². The number of ether oxygens (including phenoxy) is 1. The number of carbonyl (C=O) groups excluding carboxylic acids is 2. The van der Waals surface area contributed by atoms with Crippen LogP contribution >= 0.6 is 0 Å². The summed E-state index contributed by atoms with van der Waals surface area (Å²) < 4.78 is 5.07. The number of nitrogens with one attached hydrogen (secondary N) is 2. The average molecular weight is 306 g/mol. The summed E-state index contributed by atoms with van der Waals surface area (Å²) in [5, 5.41) is 5.58. The fourth-order valence-corrected chi connectivity index (χ4v) is 1.76. The van der Waals surface area contributed by atoms with E-state index in [9.17, 15) is 9.59 Å². The quantitative estimate of drug-likeness (QED) is 0.761. The molecule has 0 fully saturated rings. The van der Waals surface area contributed by atoms with Crippen LogP contribution in [0.5, 0.6) is 5.75 Å². The Labute approximate surface area is 132 Å². The zero-order valence-electron chi connectivity index (χ0n) is 14.0. The second-order valence-corrected chi connectivity index (χ2v) is 6.25. The Bertz CT molecular complexity index is 507. The van der Waals surface area contributed by atoms with Gasteiger partial charge >= 0.3 is 0 Å². The van der Waals surface area contributed by atoms with Gasteiger partial charge in [-0.25, -0.2) is 0 Å². The molecule has 0 radical (unpaired) electrons. The molecule has 0 aliphatic heterocycles. The molecule has 0 aromatic heterocycles. The van der Waals surface area contributed by atoms with Gasteiger partial charge in [-0.3, -0.25) is 9.59 Å². The van der Waals surface area contributed by atoms with Gasteiger partial charge in [0.2, 0.25) is 11.8 Å². The topological polar surface area (TPSA) is 67.4 Å². The van der Waals surface area contributed by atoms with E-state index in [0.29, 0.717) is 23.9 Å². The molecule has 2 amide bonds. The molecule has 22 heavy (non-hydrogen) atoms. The maximum absolute atomic E-state index is 12.3. The van der Waals surface area contributed by atoms with Crippen LogP contribution in [0.25, 0.3) is 0 Å². The molecule has 5 heteroatoms. The van der Waals surface area contributed by atoms with Crippen molar-refractivity contribution in [3.8, 4) is 5.75 Å². The van der Waals surface area contributed by atoms with Crippen LogP contribution in [0, 0.1) is 11.3 Å². The largest absolute Gasteiger partial charge is 0.497 e. The molecule has 0 aliphatic rings. The normalized spacial score (nSPS) is 11.2. The SMILES string of the molecule is COc1ccc(NC(=O)C(C)(C)C(=O)NCCC(C)C)cc1. The van der Waals surface area contributed by atoms with Crippen molar-refractivity contribution in [3.05, 3.63) is 24.3 Å². The van der Waals surface area contributed by atoms with Crippen molar-refractivity contribution >= 4 is 17.5 Å². The molecular weight excluding hydrogens is 280 g/mol. The summed E-state index contributed by atoms with van der Waals surface area (Å²) in [7, 11) is 1.58. The van der Waals surface area contributed by atoms with Gasteiger partial charge in [0.15, 0.2) is 0 Å². The molecule has 0 saturated heterocycles. The Kier molecular flexibility index (Phi) is 6.40. The van der Waals surface area contributed by atoms with E-state index >= 15 is 0 Å². The summed E-state index contributed by atoms with van der Waals surface area (Å²) in [5.41, 5.74) is -0.495. The Morgan fingerprint density at radius 2 is 1.73 bits per heavy atom. The van der Waals surface area contributed by atoms with Crippen LogP contribution in [0.15, 0.2) is 24.3 Å². The number of rotatable bonds is 7. The zero-order valence-corrected chi connectivity index (χ0v) is 14.0. The number of hydrogen-bond acceptors (Lipinski definition) is 3. The molecule has 0 spiro atoms. The summed E-state index contributed by atoms with van der Waals surface area (Å²) in [5.74, 6) is 0.624. The van der Waals surface area contributed by atoms with Crippen molar-refractivity contribution in [3.63, 3.8) is 0 Å². The highest BCUT2D eigenvalue weighted by atomic mass is 16.5. The first-order valence-corrected chi connectivity index (χ1v) is 7.51. The predicted octanol–water partition coefficient (Wildman–Crippen LogP) is 2.82. The fourth-order valence-electron chi connectivity index (χ4n) is 1.76. The van der Waals surface area contributed by atoms with E-state index in [1.807, 2.05) is 0 Å². The molecule has 2 N–H and O–H groups in total. The van der Waals surface area contributed by atoms with E-state index in [4.69, 9.17) is 4.74 Å². The minimum atomic E-state index is -1.13. The van der Waals surface area contributed by atoms with Gasteiger partial charge in [0.05, 0.1) is 7.11 Å². The number of anilines is 1. The lowest BCUT2D eigenvalue weighted by Gasteiger charge is -2.23. The smallest absolute Gasteiger partial charge is 0.239 e. The molecule has 122 valence electrons. The van der Waals surface area contributed by atoms with E-state index in [1.165, 1.54) is 0 Å². The molecule has 1 rings (SSSR count). The summed E-state index contributed by atoms with van der Waals surface area (Å²) in [6.07, 6.45) is 0.891. The third-order valence-electron chi connectivity index (χ3n) is 3.49. The van der Waals surface area contributed by atoms with Gasteiger partial charge in [-0.2, -0.15) is 0 Å². The lowest BCUT2D eigenvalue weighted by molar-refractivity contribution is -0.138. The second-order valence-electron chi connectivity index (χ2n) is 6.25. The molecule has 0 bridgehead atoms. The van der Waals surface area contributed by atoms with Crippen LogP contribution in [-0.2, 0) is 9.59 Å².